The molecule has 1 aromatic carbocycles. The lowest BCUT2D eigenvalue weighted by atomic mass is 9.95. The van der Waals surface area contributed by atoms with Crippen molar-refractivity contribution in [2.24, 2.45) is 11.8 Å². The molecule has 0 radical (unpaired) electrons. The van der Waals surface area contributed by atoms with Gasteiger partial charge in [-0.2, -0.15) is 5.10 Å². The van der Waals surface area contributed by atoms with Crippen molar-refractivity contribution < 1.29 is 0 Å². The molecule has 2 aliphatic rings. The average molecular weight is 253 g/mol. The van der Waals surface area contributed by atoms with Crippen molar-refractivity contribution in [1.82, 2.24) is 9.78 Å². The molecular weight excluding hydrogens is 234 g/mol. The fourth-order valence-electron chi connectivity index (χ4n) is 3.77. The van der Waals surface area contributed by atoms with E-state index >= 15 is 0 Å². The molecule has 1 N–H and O–H groups in total. The van der Waals surface area contributed by atoms with E-state index < -0.39 is 0 Å². The van der Waals surface area contributed by atoms with E-state index in [2.05, 4.69) is 34.7 Å². The molecule has 0 amide bonds. The van der Waals surface area contributed by atoms with Crippen molar-refractivity contribution in [2.75, 3.05) is 5.32 Å². The third-order valence-electron chi connectivity index (χ3n) is 4.73. The highest BCUT2D eigenvalue weighted by Gasteiger charge is 2.39. The number of benzene rings is 1. The summed E-state index contributed by atoms with van der Waals surface area (Å²) in [7, 11) is 0. The first kappa shape index (κ1) is 11.1. The summed E-state index contributed by atoms with van der Waals surface area (Å²) >= 11 is 0. The van der Waals surface area contributed by atoms with Crippen molar-refractivity contribution >= 4 is 5.69 Å². The highest BCUT2D eigenvalue weighted by Crippen LogP contribution is 2.45. The van der Waals surface area contributed by atoms with Crippen molar-refractivity contribution in [2.45, 2.75) is 31.7 Å². The van der Waals surface area contributed by atoms with E-state index in [-0.39, 0.29) is 0 Å². The minimum Gasteiger partial charge on any atom is -0.382 e. The summed E-state index contributed by atoms with van der Waals surface area (Å²) in [5, 5.41) is 7.96. The van der Waals surface area contributed by atoms with Crippen LogP contribution in [0.2, 0.25) is 0 Å². The van der Waals surface area contributed by atoms with Crippen LogP contribution in [0.25, 0.3) is 5.69 Å². The van der Waals surface area contributed by atoms with Gasteiger partial charge in [-0.25, -0.2) is 4.68 Å². The third-order valence-corrected chi connectivity index (χ3v) is 4.73. The molecule has 4 rings (SSSR count). The van der Waals surface area contributed by atoms with E-state index in [0.29, 0.717) is 6.04 Å². The maximum Gasteiger partial charge on any atom is 0.0647 e. The zero-order chi connectivity index (χ0) is 12.7. The van der Waals surface area contributed by atoms with E-state index in [1.54, 1.807) is 6.20 Å². The van der Waals surface area contributed by atoms with Crippen LogP contribution in [0.3, 0.4) is 0 Å². The average Bonchev–Trinajstić information content (AvgIpc) is 3.17. The molecule has 0 spiro atoms. The molecule has 0 aliphatic heterocycles. The molecule has 1 heterocycles. The number of fused-ring (bicyclic) bond motifs is 2. The summed E-state index contributed by atoms with van der Waals surface area (Å²) in [6.07, 6.45) is 9.48. The standard InChI is InChI=1S/C16H19N3/c1-8-17-19(9-1)15-6-4-14(5-7-15)18-16-11-12-2-3-13(16)10-12/h1,4-9,12-13,16,18H,2-3,10-11H2. The van der Waals surface area contributed by atoms with Gasteiger partial charge in [0, 0.05) is 24.1 Å². The molecule has 98 valence electrons. The van der Waals surface area contributed by atoms with E-state index in [4.69, 9.17) is 0 Å². The maximum absolute atomic E-state index is 4.25. The summed E-state index contributed by atoms with van der Waals surface area (Å²) in [6, 6.07) is 11.2. The highest BCUT2D eigenvalue weighted by atomic mass is 15.3. The highest BCUT2D eigenvalue weighted by molar-refractivity contribution is 5.49. The van der Waals surface area contributed by atoms with Crippen LogP contribution in [0, 0.1) is 11.8 Å². The van der Waals surface area contributed by atoms with Gasteiger partial charge >= 0.3 is 0 Å². The van der Waals surface area contributed by atoms with Crippen LogP contribution >= 0.6 is 0 Å². The molecular formula is C16H19N3. The Morgan fingerprint density at radius 3 is 2.63 bits per heavy atom. The van der Waals surface area contributed by atoms with Gasteiger partial charge in [0.25, 0.3) is 0 Å². The number of rotatable bonds is 3. The van der Waals surface area contributed by atoms with Gasteiger partial charge in [0.05, 0.1) is 5.69 Å². The molecule has 2 aromatic rings. The Kier molecular flexibility index (Phi) is 2.57. The smallest absolute Gasteiger partial charge is 0.0647 e. The minimum absolute atomic E-state index is 0.703. The normalized spacial score (nSPS) is 28.7. The zero-order valence-corrected chi connectivity index (χ0v) is 11.0. The third kappa shape index (κ3) is 2.03. The van der Waals surface area contributed by atoms with Gasteiger partial charge in [-0.05, 0) is 61.4 Å². The Hall–Kier alpha value is -1.77. The van der Waals surface area contributed by atoms with Crippen LogP contribution < -0.4 is 5.32 Å². The fraction of sp³-hybridized carbons (Fsp3) is 0.438. The van der Waals surface area contributed by atoms with Crippen LogP contribution in [0.15, 0.2) is 42.7 Å². The fourth-order valence-corrected chi connectivity index (χ4v) is 3.77. The summed E-state index contributed by atoms with van der Waals surface area (Å²) in [6.45, 7) is 0. The Morgan fingerprint density at radius 2 is 2.00 bits per heavy atom. The summed E-state index contributed by atoms with van der Waals surface area (Å²) in [5.74, 6) is 1.90. The molecule has 2 aliphatic carbocycles. The predicted molar refractivity (Wildman–Crippen MR) is 76.4 cm³/mol. The molecule has 3 atom stereocenters. The molecule has 3 heteroatoms. The van der Waals surface area contributed by atoms with Crippen LogP contribution in [-0.2, 0) is 0 Å². The van der Waals surface area contributed by atoms with Crippen LogP contribution in [0.4, 0.5) is 5.69 Å². The van der Waals surface area contributed by atoms with E-state index in [0.717, 1.165) is 17.5 Å². The number of hydrogen-bond acceptors (Lipinski definition) is 2. The molecule has 2 saturated carbocycles. The van der Waals surface area contributed by atoms with Crippen molar-refractivity contribution in [3.8, 4) is 5.69 Å². The Labute approximate surface area is 113 Å². The number of aromatic nitrogens is 2. The SMILES string of the molecule is c1cnn(-c2ccc(NC3CC4CCC3C4)cc2)c1. The molecule has 1 aromatic heterocycles. The van der Waals surface area contributed by atoms with Gasteiger partial charge in [0.2, 0.25) is 0 Å². The van der Waals surface area contributed by atoms with Gasteiger partial charge in [-0.3, -0.25) is 0 Å². The summed E-state index contributed by atoms with van der Waals surface area (Å²) in [4.78, 5) is 0. The van der Waals surface area contributed by atoms with Crippen molar-refractivity contribution in [1.29, 1.82) is 0 Å². The monoisotopic (exact) mass is 253 g/mol. The van der Waals surface area contributed by atoms with Gasteiger partial charge in [-0.15, -0.1) is 0 Å². The van der Waals surface area contributed by atoms with Gasteiger partial charge in [0.15, 0.2) is 0 Å². The lowest BCUT2D eigenvalue weighted by Gasteiger charge is -2.24. The number of nitrogens with one attached hydrogen (secondary N) is 1. The molecule has 2 bridgehead atoms. The van der Waals surface area contributed by atoms with Crippen molar-refractivity contribution in [3.63, 3.8) is 0 Å². The van der Waals surface area contributed by atoms with E-state index in [9.17, 15) is 0 Å². The topological polar surface area (TPSA) is 29.9 Å². The van der Waals surface area contributed by atoms with Crippen LogP contribution in [-0.4, -0.2) is 15.8 Å². The van der Waals surface area contributed by atoms with E-state index in [1.807, 2.05) is 16.9 Å². The second-order valence-electron chi connectivity index (χ2n) is 5.92. The molecule has 3 unspecified atom stereocenters. The first-order valence-electron chi connectivity index (χ1n) is 7.25. The van der Waals surface area contributed by atoms with Crippen LogP contribution in [0.1, 0.15) is 25.7 Å². The Bertz CT molecular complexity index is 544. The lowest BCUT2D eigenvalue weighted by molar-refractivity contribution is 0.440. The first-order valence-corrected chi connectivity index (χ1v) is 7.25. The molecule has 2 fully saturated rings. The zero-order valence-electron chi connectivity index (χ0n) is 11.0. The van der Waals surface area contributed by atoms with Gasteiger partial charge in [0.1, 0.15) is 0 Å². The second kappa shape index (κ2) is 4.41. The minimum atomic E-state index is 0.703. The largest absolute Gasteiger partial charge is 0.382 e. The van der Waals surface area contributed by atoms with E-state index in [1.165, 1.54) is 31.4 Å². The molecule has 19 heavy (non-hydrogen) atoms. The second-order valence-corrected chi connectivity index (χ2v) is 5.92. The molecule has 3 nitrogen and oxygen atoms in total. The molecule has 0 saturated heterocycles. The number of nitrogens with zero attached hydrogens (tertiary/aromatic N) is 2. The Balaban J connectivity index is 1.48. The Morgan fingerprint density at radius 1 is 1.11 bits per heavy atom. The number of anilines is 1. The maximum atomic E-state index is 4.25. The number of hydrogen-bond donors (Lipinski definition) is 1. The van der Waals surface area contributed by atoms with Crippen LogP contribution in [0.5, 0.6) is 0 Å². The summed E-state index contributed by atoms with van der Waals surface area (Å²) < 4.78 is 1.89. The summed E-state index contributed by atoms with van der Waals surface area (Å²) in [5.41, 5.74) is 2.36. The lowest BCUT2D eigenvalue weighted by Crippen LogP contribution is -2.25. The van der Waals surface area contributed by atoms with Gasteiger partial charge in [-0.1, -0.05) is 6.42 Å². The first-order chi connectivity index (χ1) is 9.38. The van der Waals surface area contributed by atoms with Crippen molar-refractivity contribution in [3.05, 3.63) is 42.7 Å². The quantitative estimate of drug-likeness (QED) is 0.907. The van der Waals surface area contributed by atoms with Gasteiger partial charge < -0.3 is 5.32 Å². The predicted octanol–water partition coefficient (Wildman–Crippen LogP) is 3.47.